The zero-order valence-corrected chi connectivity index (χ0v) is 13.2. The van der Waals surface area contributed by atoms with E-state index in [-0.39, 0.29) is 11.5 Å². The molecule has 106 valence electrons. The number of aromatic nitrogens is 1. The molecule has 1 fully saturated rings. The summed E-state index contributed by atoms with van der Waals surface area (Å²) in [6.07, 6.45) is 4.79. The molecule has 0 radical (unpaired) electrons. The second-order valence-electron chi connectivity index (χ2n) is 4.97. The van der Waals surface area contributed by atoms with Gasteiger partial charge in [-0.25, -0.2) is 12.7 Å². The minimum atomic E-state index is -3.13. The molecule has 2 heterocycles. The van der Waals surface area contributed by atoms with Crippen LogP contribution in [0.5, 0.6) is 0 Å². The predicted molar refractivity (Wildman–Crippen MR) is 77.5 cm³/mol. The molecule has 1 atom stereocenters. The number of nitrogens with zero attached hydrogens (tertiary/aromatic N) is 2. The largest absolute Gasteiger partial charge is 0.314 e. The summed E-state index contributed by atoms with van der Waals surface area (Å²) in [5.74, 6) is 0.190. The summed E-state index contributed by atoms with van der Waals surface area (Å²) in [4.78, 5) is 11.7. The van der Waals surface area contributed by atoms with Crippen LogP contribution in [0.25, 0.3) is 0 Å². The van der Waals surface area contributed by atoms with Crippen molar-refractivity contribution in [1.29, 1.82) is 0 Å². The lowest BCUT2D eigenvalue weighted by atomic mass is 9.99. The van der Waals surface area contributed by atoms with Gasteiger partial charge < -0.3 is 4.57 Å². The highest BCUT2D eigenvalue weighted by molar-refractivity contribution is 9.10. The van der Waals surface area contributed by atoms with E-state index in [0.29, 0.717) is 19.6 Å². The highest BCUT2D eigenvalue weighted by Gasteiger charge is 2.26. The molecule has 1 aromatic rings. The quantitative estimate of drug-likeness (QED) is 0.826. The van der Waals surface area contributed by atoms with E-state index >= 15 is 0 Å². The van der Waals surface area contributed by atoms with Crippen LogP contribution in [-0.4, -0.2) is 36.6 Å². The fourth-order valence-electron chi connectivity index (χ4n) is 2.40. The molecular weight excluding hydrogens is 332 g/mol. The molecule has 1 saturated heterocycles. The van der Waals surface area contributed by atoms with Gasteiger partial charge in [0.15, 0.2) is 0 Å². The summed E-state index contributed by atoms with van der Waals surface area (Å²) >= 11 is 3.34. The summed E-state index contributed by atoms with van der Waals surface area (Å²) in [5, 5.41) is 0. The molecule has 0 N–H and O–H groups in total. The summed E-state index contributed by atoms with van der Waals surface area (Å²) in [6.45, 7) is 1.64. The van der Waals surface area contributed by atoms with Crippen LogP contribution in [0.3, 0.4) is 0 Å². The molecule has 1 unspecified atom stereocenters. The molecule has 0 aromatic carbocycles. The summed E-state index contributed by atoms with van der Waals surface area (Å²) in [5.41, 5.74) is -0.0559. The molecule has 0 amide bonds. The maximum atomic E-state index is 11.7. The van der Waals surface area contributed by atoms with E-state index in [1.807, 2.05) is 0 Å². The van der Waals surface area contributed by atoms with Gasteiger partial charge >= 0.3 is 0 Å². The Hall–Kier alpha value is -0.660. The van der Waals surface area contributed by atoms with Crippen LogP contribution in [-0.2, 0) is 16.6 Å². The molecule has 0 bridgehead atoms. The third-order valence-corrected chi connectivity index (χ3v) is 5.09. The van der Waals surface area contributed by atoms with Gasteiger partial charge in [0.2, 0.25) is 10.0 Å². The molecule has 1 aliphatic heterocycles. The molecule has 7 heteroatoms. The van der Waals surface area contributed by atoms with Crippen LogP contribution in [0.1, 0.15) is 12.8 Å². The van der Waals surface area contributed by atoms with Gasteiger partial charge in [-0.15, -0.1) is 0 Å². The number of hydrogen-bond acceptors (Lipinski definition) is 3. The number of pyridine rings is 1. The molecule has 19 heavy (non-hydrogen) atoms. The molecule has 0 spiro atoms. The van der Waals surface area contributed by atoms with Crippen molar-refractivity contribution in [3.05, 3.63) is 33.2 Å². The maximum Gasteiger partial charge on any atom is 0.250 e. The van der Waals surface area contributed by atoms with E-state index in [1.165, 1.54) is 16.6 Å². The van der Waals surface area contributed by atoms with Gasteiger partial charge in [0, 0.05) is 36.4 Å². The Bertz CT molecular complexity index is 612. The molecule has 1 aliphatic rings. The van der Waals surface area contributed by atoms with Crippen molar-refractivity contribution in [2.45, 2.75) is 19.4 Å². The standard InChI is InChI=1S/C12H17BrN2O3S/c1-19(17,18)15-6-2-3-10(8-15)7-14-9-11(13)4-5-12(14)16/h4-5,9-10H,2-3,6-8H2,1H3. The molecular formula is C12H17BrN2O3S. The Morgan fingerprint density at radius 2 is 2.16 bits per heavy atom. The Morgan fingerprint density at radius 1 is 1.42 bits per heavy atom. The lowest BCUT2D eigenvalue weighted by Gasteiger charge is -2.31. The van der Waals surface area contributed by atoms with Crippen molar-refractivity contribution >= 4 is 26.0 Å². The minimum Gasteiger partial charge on any atom is -0.314 e. The zero-order valence-electron chi connectivity index (χ0n) is 10.8. The first kappa shape index (κ1) is 14.7. The van der Waals surface area contributed by atoms with Crippen molar-refractivity contribution < 1.29 is 8.42 Å². The van der Waals surface area contributed by atoms with Crippen LogP contribution >= 0.6 is 15.9 Å². The van der Waals surface area contributed by atoms with Crippen molar-refractivity contribution in [2.24, 2.45) is 5.92 Å². The molecule has 0 aliphatic carbocycles. The molecule has 2 rings (SSSR count). The first-order valence-electron chi connectivity index (χ1n) is 6.17. The van der Waals surface area contributed by atoms with Gasteiger partial charge in [0.1, 0.15) is 0 Å². The summed E-state index contributed by atoms with van der Waals surface area (Å²) in [7, 11) is -3.13. The van der Waals surface area contributed by atoms with Gasteiger partial charge in [-0.1, -0.05) is 0 Å². The third-order valence-electron chi connectivity index (χ3n) is 3.35. The number of rotatable bonds is 3. The molecule has 1 aromatic heterocycles. The first-order valence-corrected chi connectivity index (χ1v) is 8.81. The van der Waals surface area contributed by atoms with E-state index in [9.17, 15) is 13.2 Å². The Kier molecular flexibility index (Phi) is 4.47. The van der Waals surface area contributed by atoms with Crippen molar-refractivity contribution in [1.82, 2.24) is 8.87 Å². The molecule has 5 nitrogen and oxygen atoms in total. The smallest absolute Gasteiger partial charge is 0.250 e. The van der Waals surface area contributed by atoms with E-state index in [2.05, 4.69) is 15.9 Å². The maximum absolute atomic E-state index is 11.7. The average molecular weight is 349 g/mol. The highest BCUT2D eigenvalue weighted by atomic mass is 79.9. The van der Waals surface area contributed by atoms with E-state index in [1.54, 1.807) is 16.8 Å². The number of halogens is 1. The van der Waals surface area contributed by atoms with Crippen LogP contribution < -0.4 is 5.56 Å². The van der Waals surface area contributed by atoms with Gasteiger partial charge in [0.25, 0.3) is 5.56 Å². The van der Waals surface area contributed by atoms with Gasteiger partial charge in [-0.3, -0.25) is 4.79 Å². The third kappa shape index (κ3) is 3.90. The van der Waals surface area contributed by atoms with E-state index < -0.39 is 10.0 Å². The second kappa shape index (κ2) is 5.76. The van der Waals surface area contributed by atoms with Crippen molar-refractivity contribution in [2.75, 3.05) is 19.3 Å². The normalized spacial score (nSPS) is 21.5. The first-order chi connectivity index (χ1) is 8.86. The monoisotopic (exact) mass is 348 g/mol. The Balaban J connectivity index is 2.11. The van der Waals surface area contributed by atoms with Crippen LogP contribution in [0, 0.1) is 5.92 Å². The van der Waals surface area contributed by atoms with Crippen LogP contribution in [0.2, 0.25) is 0 Å². The minimum absolute atomic E-state index is 0.0559. The Morgan fingerprint density at radius 3 is 2.84 bits per heavy atom. The fraction of sp³-hybridized carbons (Fsp3) is 0.583. The number of sulfonamides is 1. The van der Waals surface area contributed by atoms with E-state index in [0.717, 1.165) is 17.3 Å². The molecule has 0 saturated carbocycles. The fourth-order valence-corrected chi connectivity index (χ4v) is 3.72. The topological polar surface area (TPSA) is 59.4 Å². The van der Waals surface area contributed by atoms with Gasteiger partial charge in [-0.2, -0.15) is 0 Å². The predicted octanol–water partition coefficient (Wildman–Crippen LogP) is 1.28. The second-order valence-corrected chi connectivity index (χ2v) is 7.87. The lowest BCUT2D eigenvalue weighted by molar-refractivity contribution is 0.244. The zero-order chi connectivity index (χ0) is 14.0. The van der Waals surface area contributed by atoms with Crippen LogP contribution in [0.4, 0.5) is 0 Å². The lowest BCUT2D eigenvalue weighted by Crippen LogP contribution is -2.41. The SMILES string of the molecule is CS(=O)(=O)N1CCCC(Cn2cc(Br)ccc2=O)C1. The van der Waals surface area contributed by atoms with Crippen molar-refractivity contribution in [3.8, 4) is 0 Å². The Labute approximate surface area is 121 Å². The van der Waals surface area contributed by atoms with E-state index in [4.69, 9.17) is 0 Å². The van der Waals surface area contributed by atoms with Crippen molar-refractivity contribution in [3.63, 3.8) is 0 Å². The number of hydrogen-bond donors (Lipinski definition) is 0. The highest BCUT2D eigenvalue weighted by Crippen LogP contribution is 2.20. The number of piperidine rings is 1. The average Bonchev–Trinajstić information content (AvgIpc) is 2.33. The van der Waals surface area contributed by atoms with Crippen LogP contribution in [0.15, 0.2) is 27.6 Å². The van der Waals surface area contributed by atoms with Gasteiger partial charge in [0.05, 0.1) is 6.26 Å². The van der Waals surface area contributed by atoms with Gasteiger partial charge in [-0.05, 0) is 40.8 Å². The summed E-state index contributed by atoms with van der Waals surface area (Å²) < 4.78 is 27.1. The summed E-state index contributed by atoms with van der Waals surface area (Å²) in [6, 6.07) is 3.23.